The Hall–Kier alpha value is 3.49. The summed E-state index contributed by atoms with van der Waals surface area (Å²) in [6.45, 7) is 0. The molecule has 0 N–H and O–H groups in total. The third-order valence-corrected chi connectivity index (χ3v) is 0. The first kappa shape index (κ1) is 25.9. The van der Waals surface area contributed by atoms with E-state index in [-0.39, 0.29) is 113 Å². The fourth-order valence-corrected chi connectivity index (χ4v) is 0. The van der Waals surface area contributed by atoms with Crippen LogP contribution in [0.15, 0.2) is 0 Å². The predicted octanol–water partition coefficient (Wildman–Crippen LogP) is -4.07. The molecule has 0 amide bonds. The zero-order chi connectivity index (χ0) is 0. The maximum atomic E-state index is 0. The third-order valence-electron chi connectivity index (χ3n) is 0. The summed E-state index contributed by atoms with van der Waals surface area (Å²) in [5.41, 5.74) is 0. The topological polar surface area (TPSA) is 0 Å². The van der Waals surface area contributed by atoms with Crippen LogP contribution in [0.2, 0.25) is 0 Å². The van der Waals surface area contributed by atoms with Gasteiger partial charge in [-0.25, -0.2) is 0 Å². The normalized spacial score (nSPS) is 0. The molecule has 0 unspecified atom stereocenters. The molecule has 0 aliphatic heterocycles. The molecule has 2 radical (unpaired) electrons. The van der Waals surface area contributed by atoms with E-state index >= 15 is 0 Å². The van der Waals surface area contributed by atoms with Gasteiger partial charge in [-0.15, -0.1) is 0 Å². The number of hydrogen-bond acceptors (Lipinski definition) is 0. The summed E-state index contributed by atoms with van der Waals surface area (Å²) in [5, 5.41) is 0. The first-order valence-corrected chi connectivity index (χ1v) is 0. The van der Waals surface area contributed by atoms with Crippen molar-refractivity contribution in [2.75, 3.05) is 0 Å². The fraction of sp³-hybridized carbons (Fsp3) is 0. The van der Waals surface area contributed by atoms with Gasteiger partial charge in [0.1, 0.15) is 0 Å². The van der Waals surface area contributed by atoms with Gasteiger partial charge in [0.05, 0.1) is 0 Å². The van der Waals surface area contributed by atoms with Crippen molar-refractivity contribution in [2.24, 2.45) is 0 Å². The molecule has 0 saturated carbocycles. The molecule has 0 saturated heterocycles. The van der Waals surface area contributed by atoms with E-state index in [4.69, 9.17) is 0 Å². The molecule has 0 bridgehead atoms. The van der Waals surface area contributed by atoms with Gasteiger partial charge >= 0.3 is 51.4 Å². The van der Waals surface area contributed by atoms with Crippen LogP contribution in [-0.4, -0.2) is 11.0 Å². The molecule has 0 nitrogen and oxygen atoms in total. The molecule has 0 atom stereocenters. The zero-order valence-corrected chi connectivity index (χ0v) is 13.6. The Morgan fingerprint density at radius 3 is 1.25 bits per heavy atom. The Balaban J connectivity index is 0. The summed E-state index contributed by atoms with van der Waals surface area (Å²) >= 11 is 0. The molecule has 0 rings (SSSR count). The van der Waals surface area contributed by atoms with Crippen molar-refractivity contribution in [1.29, 1.82) is 0 Å². The van der Waals surface area contributed by atoms with Gasteiger partial charge < -0.3 is 1.43 Å². The van der Waals surface area contributed by atoms with Crippen LogP contribution in [0.1, 0.15) is 1.43 Å². The van der Waals surface area contributed by atoms with E-state index in [0.717, 1.165) is 0 Å². The summed E-state index contributed by atoms with van der Waals surface area (Å²) in [6, 6.07) is 0. The molecular weight excluding hydrogens is 356 g/mol. The summed E-state index contributed by atoms with van der Waals surface area (Å²) in [4.78, 5) is 0. The zero-order valence-electron chi connectivity index (χ0n) is 3.95. The Kier molecular flexibility index (Phi) is 104. The van der Waals surface area contributed by atoms with Gasteiger partial charge in [-0.2, -0.15) is 0 Å². The molecule has 4 heteroatoms. The second kappa shape index (κ2) is 16.1. The Labute approximate surface area is 110 Å². The summed E-state index contributed by atoms with van der Waals surface area (Å²) in [6.07, 6.45) is 0. The van der Waals surface area contributed by atoms with Crippen LogP contribution in [0.5, 0.6) is 0 Å². The first-order valence-electron chi connectivity index (χ1n) is 0. The molecule has 0 heterocycles. The average molecular weight is 360 g/mol. The van der Waals surface area contributed by atoms with Gasteiger partial charge in [-0.1, -0.05) is 0 Å². The minimum atomic E-state index is 0. The fourth-order valence-electron chi connectivity index (χ4n) is 0. The van der Waals surface area contributed by atoms with E-state index in [9.17, 15) is 0 Å². The Morgan fingerprint density at radius 1 is 1.25 bits per heavy atom. The first-order chi connectivity index (χ1) is 0. The van der Waals surface area contributed by atoms with Crippen molar-refractivity contribution in [1.82, 2.24) is 0 Å². The monoisotopic (exact) mass is 360 g/mol. The minimum absolute atomic E-state index is 0. The van der Waals surface area contributed by atoms with E-state index in [2.05, 4.69) is 0 Å². The van der Waals surface area contributed by atoms with Crippen LogP contribution in [0, 0.1) is 31.1 Å². The molecule has 0 fully saturated rings. The van der Waals surface area contributed by atoms with Gasteiger partial charge in [0, 0.05) is 49.7 Å². The van der Waals surface area contributed by atoms with Crippen LogP contribution in [0.25, 0.3) is 0 Å². The van der Waals surface area contributed by atoms with Crippen molar-refractivity contribution >= 4 is 11.0 Å². The molecule has 0 aromatic heterocycles. The maximum Gasteiger partial charge on any atom is 1.00 e. The maximum absolute atomic E-state index is 0. The van der Waals surface area contributed by atoms with Crippen LogP contribution >= 0.6 is 0 Å². The smallest absolute Gasteiger partial charge is 1.00 e. The quantitative estimate of drug-likeness (QED) is 0.386. The largest absolute Gasteiger partial charge is 1.00 e. The van der Waals surface area contributed by atoms with Crippen LogP contribution in [0.4, 0.5) is 0 Å². The van der Waals surface area contributed by atoms with Crippen molar-refractivity contribution in [3.8, 4) is 0 Å². The van der Waals surface area contributed by atoms with Crippen LogP contribution in [0.3, 0.4) is 0 Å². The molecule has 18 valence electrons. The molecule has 0 aromatic carbocycles. The van der Waals surface area contributed by atoms with E-state index < -0.39 is 0 Å². The van der Waals surface area contributed by atoms with Crippen LogP contribution in [-0.2, 0) is 18.6 Å². The summed E-state index contributed by atoms with van der Waals surface area (Å²) in [7, 11) is 0. The predicted molar refractivity (Wildman–Crippen MR) is 11.1 cm³/mol. The van der Waals surface area contributed by atoms with Gasteiger partial charge in [0.2, 0.25) is 0 Å². The molecule has 0 aliphatic rings. The van der Waals surface area contributed by atoms with Crippen LogP contribution < -0.4 is 51.4 Å². The molecule has 0 aromatic rings. The van der Waals surface area contributed by atoms with Crippen molar-refractivity contribution < 1.29 is 102 Å². The van der Waals surface area contributed by atoms with Crippen molar-refractivity contribution in [2.45, 2.75) is 0 Å². The second-order valence-corrected chi connectivity index (χ2v) is 0. The summed E-state index contributed by atoms with van der Waals surface area (Å²) in [5.74, 6) is 0. The van der Waals surface area contributed by atoms with Gasteiger partial charge in [-0.05, 0) is 11.0 Å². The molecular formula is H4KSiUV. The van der Waals surface area contributed by atoms with E-state index in [1.807, 2.05) is 0 Å². The molecule has 0 spiro atoms. The summed E-state index contributed by atoms with van der Waals surface area (Å²) < 4.78 is 0. The van der Waals surface area contributed by atoms with Crippen molar-refractivity contribution in [3.05, 3.63) is 0 Å². The average Bonchev–Trinajstić information content (AvgIpc) is 0. The van der Waals surface area contributed by atoms with Crippen molar-refractivity contribution in [3.63, 3.8) is 0 Å². The number of rotatable bonds is 0. The molecule has 0 aliphatic carbocycles. The van der Waals surface area contributed by atoms with E-state index in [1.165, 1.54) is 0 Å². The SMILES string of the molecule is [H-].[K+].[SiH3].[U].[V]. The minimum Gasteiger partial charge on any atom is -1.00 e. The second-order valence-electron chi connectivity index (χ2n) is 0. The van der Waals surface area contributed by atoms with E-state index in [0.29, 0.717) is 0 Å². The van der Waals surface area contributed by atoms with Gasteiger partial charge in [0.25, 0.3) is 0 Å². The van der Waals surface area contributed by atoms with Gasteiger partial charge in [-0.3, -0.25) is 0 Å². The molecule has 4 heavy (non-hydrogen) atoms. The Morgan fingerprint density at radius 2 is 1.25 bits per heavy atom. The van der Waals surface area contributed by atoms with Gasteiger partial charge in [0.15, 0.2) is 0 Å². The standard InChI is InChI=1S/K.H3Si.U.V.H/h;1H3;;;/q+1;;;;-1. The third kappa shape index (κ3) is 9.09. The number of hydrogen-bond donors (Lipinski definition) is 0. The van der Waals surface area contributed by atoms with E-state index in [1.54, 1.807) is 0 Å². The Bertz CT molecular complexity index is 11.6.